The average molecular weight is 147 g/mol. The summed E-state index contributed by atoms with van der Waals surface area (Å²) in [5, 5.41) is 20.2. The SMILES string of the molecule is CCCCC(O)NCCO. The van der Waals surface area contributed by atoms with E-state index in [4.69, 9.17) is 10.2 Å². The van der Waals surface area contributed by atoms with Gasteiger partial charge >= 0.3 is 0 Å². The Hall–Kier alpha value is -0.120. The van der Waals surface area contributed by atoms with Crippen LogP contribution >= 0.6 is 0 Å². The van der Waals surface area contributed by atoms with E-state index in [1.54, 1.807) is 0 Å². The van der Waals surface area contributed by atoms with Gasteiger partial charge < -0.3 is 10.2 Å². The predicted molar refractivity (Wildman–Crippen MR) is 40.6 cm³/mol. The fraction of sp³-hybridized carbons (Fsp3) is 1.00. The van der Waals surface area contributed by atoms with Gasteiger partial charge in [-0.15, -0.1) is 0 Å². The van der Waals surface area contributed by atoms with E-state index in [9.17, 15) is 0 Å². The van der Waals surface area contributed by atoms with Crippen molar-refractivity contribution < 1.29 is 10.2 Å². The van der Waals surface area contributed by atoms with E-state index in [0.717, 1.165) is 19.3 Å². The fourth-order valence-corrected chi connectivity index (χ4v) is 0.731. The molecule has 0 rings (SSSR count). The highest BCUT2D eigenvalue weighted by Crippen LogP contribution is 1.96. The Kier molecular flexibility index (Phi) is 6.91. The maximum atomic E-state index is 9.09. The van der Waals surface area contributed by atoms with Gasteiger partial charge in [-0.1, -0.05) is 13.3 Å². The van der Waals surface area contributed by atoms with Gasteiger partial charge in [0.2, 0.25) is 0 Å². The highest BCUT2D eigenvalue weighted by molar-refractivity contribution is 4.51. The quantitative estimate of drug-likeness (QED) is 0.466. The number of rotatable bonds is 6. The summed E-state index contributed by atoms with van der Waals surface area (Å²) in [4.78, 5) is 0. The van der Waals surface area contributed by atoms with Gasteiger partial charge in [0.15, 0.2) is 0 Å². The highest BCUT2D eigenvalue weighted by atomic mass is 16.3. The van der Waals surface area contributed by atoms with Crippen LogP contribution in [0.3, 0.4) is 0 Å². The molecule has 3 N–H and O–H groups in total. The smallest absolute Gasteiger partial charge is 0.104 e. The monoisotopic (exact) mass is 147 g/mol. The van der Waals surface area contributed by atoms with Gasteiger partial charge in [0.1, 0.15) is 6.23 Å². The summed E-state index contributed by atoms with van der Waals surface area (Å²) in [7, 11) is 0. The van der Waals surface area contributed by atoms with Crippen molar-refractivity contribution in [1.82, 2.24) is 5.32 Å². The Morgan fingerprint density at radius 3 is 2.70 bits per heavy atom. The van der Waals surface area contributed by atoms with Crippen LogP contribution in [0.2, 0.25) is 0 Å². The Morgan fingerprint density at radius 2 is 2.20 bits per heavy atom. The summed E-state index contributed by atoms with van der Waals surface area (Å²) >= 11 is 0. The van der Waals surface area contributed by atoms with Crippen LogP contribution in [-0.2, 0) is 0 Å². The molecule has 0 aromatic rings. The van der Waals surface area contributed by atoms with Gasteiger partial charge in [0, 0.05) is 6.54 Å². The van der Waals surface area contributed by atoms with E-state index in [2.05, 4.69) is 12.2 Å². The highest BCUT2D eigenvalue weighted by Gasteiger charge is 1.99. The van der Waals surface area contributed by atoms with Crippen LogP contribution in [0, 0.1) is 0 Å². The molecule has 0 saturated heterocycles. The van der Waals surface area contributed by atoms with Crippen LogP contribution in [0.5, 0.6) is 0 Å². The zero-order chi connectivity index (χ0) is 7.82. The van der Waals surface area contributed by atoms with Gasteiger partial charge in [-0.05, 0) is 12.8 Å². The lowest BCUT2D eigenvalue weighted by molar-refractivity contribution is 0.117. The maximum Gasteiger partial charge on any atom is 0.104 e. The number of unbranched alkanes of at least 4 members (excludes halogenated alkanes) is 1. The second-order valence-electron chi connectivity index (χ2n) is 2.34. The molecule has 1 atom stereocenters. The molecule has 0 amide bonds. The molecule has 3 heteroatoms. The lowest BCUT2D eigenvalue weighted by Crippen LogP contribution is -2.30. The van der Waals surface area contributed by atoms with Crippen LogP contribution in [0.1, 0.15) is 26.2 Å². The molecule has 0 saturated carbocycles. The van der Waals surface area contributed by atoms with E-state index in [1.165, 1.54) is 0 Å². The fourth-order valence-electron chi connectivity index (χ4n) is 0.731. The molecule has 0 radical (unpaired) electrons. The van der Waals surface area contributed by atoms with E-state index in [0.29, 0.717) is 6.54 Å². The summed E-state index contributed by atoms with van der Waals surface area (Å²) < 4.78 is 0. The first kappa shape index (κ1) is 9.88. The Bertz CT molecular complexity index is 60.6. The molecule has 0 fully saturated rings. The second kappa shape index (κ2) is 6.99. The lowest BCUT2D eigenvalue weighted by Gasteiger charge is -2.09. The van der Waals surface area contributed by atoms with Gasteiger partial charge in [0.25, 0.3) is 0 Å². The largest absolute Gasteiger partial charge is 0.395 e. The maximum absolute atomic E-state index is 9.09. The first-order chi connectivity index (χ1) is 4.81. The second-order valence-corrected chi connectivity index (χ2v) is 2.34. The number of aliphatic hydroxyl groups is 2. The minimum atomic E-state index is -0.438. The van der Waals surface area contributed by atoms with E-state index in [1.807, 2.05) is 0 Å². The molecule has 0 aliphatic carbocycles. The number of nitrogens with one attached hydrogen (secondary N) is 1. The van der Waals surface area contributed by atoms with Crippen LogP contribution in [-0.4, -0.2) is 29.6 Å². The first-order valence-electron chi connectivity index (χ1n) is 3.83. The molecular formula is C7H17NO2. The number of hydrogen-bond acceptors (Lipinski definition) is 3. The molecule has 0 aliphatic rings. The van der Waals surface area contributed by atoms with Gasteiger partial charge in [-0.2, -0.15) is 0 Å². The Balaban J connectivity index is 3.00. The van der Waals surface area contributed by atoms with Crippen molar-refractivity contribution in [2.45, 2.75) is 32.4 Å². The topological polar surface area (TPSA) is 52.5 Å². The van der Waals surface area contributed by atoms with Crippen molar-refractivity contribution >= 4 is 0 Å². The van der Waals surface area contributed by atoms with Crippen molar-refractivity contribution in [3.63, 3.8) is 0 Å². The van der Waals surface area contributed by atoms with Crippen LogP contribution in [0.25, 0.3) is 0 Å². The number of aliphatic hydroxyl groups excluding tert-OH is 2. The van der Waals surface area contributed by atoms with Crippen LogP contribution in [0.4, 0.5) is 0 Å². The molecule has 62 valence electrons. The first-order valence-corrected chi connectivity index (χ1v) is 3.83. The predicted octanol–water partition coefficient (Wildman–Crippen LogP) is 0.0769. The summed E-state index contributed by atoms with van der Waals surface area (Å²) in [6.45, 7) is 2.65. The van der Waals surface area contributed by atoms with Gasteiger partial charge in [-0.25, -0.2) is 0 Å². The standard InChI is InChI=1S/C7H17NO2/c1-2-3-4-7(10)8-5-6-9/h7-10H,2-6H2,1H3. The van der Waals surface area contributed by atoms with Crippen molar-refractivity contribution in [3.05, 3.63) is 0 Å². The minimum Gasteiger partial charge on any atom is -0.395 e. The van der Waals surface area contributed by atoms with E-state index >= 15 is 0 Å². The molecular weight excluding hydrogens is 130 g/mol. The molecule has 0 aromatic heterocycles. The van der Waals surface area contributed by atoms with Gasteiger partial charge in [0.05, 0.1) is 6.61 Å². The molecule has 0 aliphatic heterocycles. The molecule has 0 heterocycles. The average Bonchev–Trinajstić information content (AvgIpc) is 1.97. The van der Waals surface area contributed by atoms with E-state index < -0.39 is 6.23 Å². The third-order valence-corrected chi connectivity index (χ3v) is 1.32. The van der Waals surface area contributed by atoms with Gasteiger partial charge in [-0.3, -0.25) is 5.32 Å². The van der Waals surface area contributed by atoms with Crippen molar-refractivity contribution in [3.8, 4) is 0 Å². The molecule has 10 heavy (non-hydrogen) atoms. The number of hydrogen-bond donors (Lipinski definition) is 3. The zero-order valence-electron chi connectivity index (χ0n) is 6.51. The zero-order valence-corrected chi connectivity index (χ0v) is 6.51. The van der Waals surface area contributed by atoms with E-state index in [-0.39, 0.29) is 6.61 Å². The minimum absolute atomic E-state index is 0.0865. The lowest BCUT2D eigenvalue weighted by atomic mass is 10.2. The third-order valence-electron chi connectivity index (χ3n) is 1.32. The van der Waals surface area contributed by atoms with Crippen molar-refractivity contribution in [1.29, 1.82) is 0 Å². The van der Waals surface area contributed by atoms with Crippen molar-refractivity contribution in [2.75, 3.05) is 13.2 Å². The Morgan fingerprint density at radius 1 is 1.50 bits per heavy atom. The molecule has 0 aromatic carbocycles. The summed E-state index contributed by atoms with van der Waals surface area (Å²) in [5.41, 5.74) is 0. The summed E-state index contributed by atoms with van der Waals surface area (Å²) in [5.74, 6) is 0. The third kappa shape index (κ3) is 6.01. The normalized spacial score (nSPS) is 13.5. The van der Waals surface area contributed by atoms with Crippen molar-refractivity contribution in [2.24, 2.45) is 0 Å². The Labute approximate surface area is 62.1 Å². The molecule has 0 spiro atoms. The van der Waals surface area contributed by atoms with Crippen LogP contribution < -0.4 is 5.32 Å². The molecule has 3 nitrogen and oxygen atoms in total. The van der Waals surface area contributed by atoms with Crippen LogP contribution in [0.15, 0.2) is 0 Å². The molecule has 1 unspecified atom stereocenters. The summed E-state index contributed by atoms with van der Waals surface area (Å²) in [6.07, 6.45) is 2.46. The molecule has 0 bridgehead atoms. The summed E-state index contributed by atoms with van der Waals surface area (Å²) in [6, 6.07) is 0.